The van der Waals surface area contributed by atoms with Crippen LogP contribution in [0.25, 0.3) is 0 Å². The summed E-state index contributed by atoms with van der Waals surface area (Å²) in [7, 11) is 0. The molecule has 0 aromatic heterocycles. The number of amides is 1. The Labute approximate surface area is 111 Å². The van der Waals surface area contributed by atoms with Crippen molar-refractivity contribution in [3.63, 3.8) is 0 Å². The maximum atomic E-state index is 11.8. The molecular formula is C14H28N2O2. The average Bonchev–Trinajstić information content (AvgIpc) is 2.43. The Morgan fingerprint density at radius 3 is 2.33 bits per heavy atom. The first-order chi connectivity index (χ1) is 8.65. The van der Waals surface area contributed by atoms with Crippen LogP contribution < -0.4 is 10.6 Å². The van der Waals surface area contributed by atoms with Crippen LogP contribution in [-0.4, -0.2) is 35.7 Å². The van der Waals surface area contributed by atoms with E-state index in [0.717, 1.165) is 38.5 Å². The minimum atomic E-state index is -0.219. The Hall–Kier alpha value is -0.610. The molecule has 1 aliphatic rings. The van der Waals surface area contributed by atoms with Gasteiger partial charge in [-0.25, -0.2) is 0 Å². The van der Waals surface area contributed by atoms with Crippen LogP contribution in [0.1, 0.15) is 58.8 Å². The first-order valence-corrected chi connectivity index (χ1v) is 7.31. The number of carbonyl (C=O) groups is 1. The fraction of sp³-hybridized carbons (Fsp3) is 0.929. The van der Waals surface area contributed by atoms with E-state index < -0.39 is 0 Å². The molecule has 0 aliphatic heterocycles. The fourth-order valence-corrected chi connectivity index (χ4v) is 2.66. The van der Waals surface area contributed by atoms with Gasteiger partial charge in [0.1, 0.15) is 0 Å². The van der Waals surface area contributed by atoms with Crippen LogP contribution in [0.15, 0.2) is 0 Å². The molecule has 0 aromatic carbocycles. The third-order valence-electron chi connectivity index (χ3n) is 4.09. The summed E-state index contributed by atoms with van der Waals surface area (Å²) >= 11 is 0. The number of hydrogen-bond acceptors (Lipinski definition) is 3. The van der Waals surface area contributed by atoms with E-state index in [-0.39, 0.29) is 24.1 Å². The summed E-state index contributed by atoms with van der Waals surface area (Å²) in [5, 5.41) is 15.8. The van der Waals surface area contributed by atoms with Gasteiger partial charge in [-0.2, -0.15) is 0 Å². The Bertz CT molecular complexity index is 246. The maximum Gasteiger partial charge on any atom is 0.234 e. The highest BCUT2D eigenvalue weighted by molar-refractivity contribution is 5.78. The van der Waals surface area contributed by atoms with Crippen molar-refractivity contribution in [1.82, 2.24) is 10.6 Å². The summed E-state index contributed by atoms with van der Waals surface area (Å²) in [6.07, 6.45) is 7.40. The van der Waals surface area contributed by atoms with E-state index in [1.807, 2.05) is 0 Å². The van der Waals surface area contributed by atoms with Crippen LogP contribution in [-0.2, 0) is 4.79 Å². The lowest BCUT2D eigenvalue weighted by molar-refractivity contribution is -0.121. The summed E-state index contributed by atoms with van der Waals surface area (Å²) in [6, 6.07) is 0.274. The summed E-state index contributed by atoms with van der Waals surface area (Å²) in [6.45, 7) is 4.61. The molecule has 1 fully saturated rings. The highest BCUT2D eigenvalue weighted by atomic mass is 16.3. The largest absolute Gasteiger partial charge is 0.394 e. The Morgan fingerprint density at radius 1 is 1.22 bits per heavy atom. The van der Waals surface area contributed by atoms with Crippen LogP contribution in [0, 0.1) is 0 Å². The van der Waals surface area contributed by atoms with Crippen molar-refractivity contribution < 1.29 is 9.90 Å². The van der Waals surface area contributed by atoms with Crippen molar-refractivity contribution in [3.8, 4) is 0 Å². The van der Waals surface area contributed by atoms with Gasteiger partial charge in [0.05, 0.1) is 13.2 Å². The minimum Gasteiger partial charge on any atom is -0.394 e. The van der Waals surface area contributed by atoms with Crippen LogP contribution >= 0.6 is 0 Å². The summed E-state index contributed by atoms with van der Waals surface area (Å²) < 4.78 is 0. The molecule has 1 amide bonds. The lowest BCUT2D eigenvalue weighted by Gasteiger charge is -2.36. The van der Waals surface area contributed by atoms with Gasteiger partial charge in [-0.05, 0) is 25.7 Å². The molecule has 0 heterocycles. The molecule has 0 unspecified atom stereocenters. The molecular weight excluding hydrogens is 228 g/mol. The zero-order valence-corrected chi connectivity index (χ0v) is 11.8. The van der Waals surface area contributed by atoms with E-state index >= 15 is 0 Å². The summed E-state index contributed by atoms with van der Waals surface area (Å²) in [5.74, 6) is 0.0436. The lowest BCUT2D eigenvalue weighted by Crippen LogP contribution is -2.53. The monoisotopic (exact) mass is 256 g/mol. The molecule has 1 rings (SSSR count). The molecule has 0 radical (unpaired) electrons. The molecule has 0 bridgehead atoms. The van der Waals surface area contributed by atoms with E-state index in [9.17, 15) is 9.90 Å². The van der Waals surface area contributed by atoms with E-state index in [4.69, 9.17) is 0 Å². The molecule has 0 saturated heterocycles. The first kappa shape index (κ1) is 15.4. The van der Waals surface area contributed by atoms with Crippen LogP contribution in [0.3, 0.4) is 0 Å². The predicted octanol–water partition coefficient (Wildman–Crippen LogP) is 1.58. The quantitative estimate of drug-likeness (QED) is 0.648. The van der Waals surface area contributed by atoms with Gasteiger partial charge in [-0.3, -0.25) is 4.79 Å². The van der Waals surface area contributed by atoms with Gasteiger partial charge in [0.25, 0.3) is 0 Å². The van der Waals surface area contributed by atoms with Gasteiger partial charge < -0.3 is 15.7 Å². The zero-order valence-electron chi connectivity index (χ0n) is 11.8. The maximum absolute atomic E-state index is 11.8. The number of nitrogens with one attached hydrogen (secondary N) is 2. The summed E-state index contributed by atoms with van der Waals surface area (Å²) in [4.78, 5) is 11.8. The average molecular weight is 256 g/mol. The van der Waals surface area contributed by atoms with Crippen LogP contribution in [0.4, 0.5) is 0 Å². The molecule has 1 aliphatic carbocycles. The number of aliphatic hydroxyl groups is 1. The smallest absolute Gasteiger partial charge is 0.234 e. The second-order valence-corrected chi connectivity index (χ2v) is 5.43. The molecule has 1 saturated carbocycles. The van der Waals surface area contributed by atoms with Gasteiger partial charge >= 0.3 is 0 Å². The van der Waals surface area contributed by atoms with Crippen molar-refractivity contribution in [3.05, 3.63) is 0 Å². The van der Waals surface area contributed by atoms with Gasteiger partial charge in [-0.1, -0.05) is 33.1 Å². The molecule has 0 atom stereocenters. The number of carbonyl (C=O) groups excluding carboxylic acids is 1. The van der Waals surface area contributed by atoms with Crippen LogP contribution in [0.5, 0.6) is 0 Å². The topological polar surface area (TPSA) is 61.4 Å². The Balaban J connectivity index is 2.35. The van der Waals surface area contributed by atoms with Gasteiger partial charge in [0, 0.05) is 11.6 Å². The molecule has 3 N–H and O–H groups in total. The van der Waals surface area contributed by atoms with Crippen molar-refractivity contribution in [2.75, 3.05) is 13.2 Å². The highest BCUT2D eigenvalue weighted by Gasteiger charge is 2.31. The Morgan fingerprint density at radius 2 is 1.83 bits per heavy atom. The number of rotatable bonds is 7. The zero-order chi connectivity index (χ0) is 13.4. The third-order valence-corrected chi connectivity index (χ3v) is 4.09. The van der Waals surface area contributed by atoms with Crippen LogP contribution in [0.2, 0.25) is 0 Å². The van der Waals surface area contributed by atoms with E-state index in [1.54, 1.807) is 0 Å². The van der Waals surface area contributed by atoms with Gasteiger partial charge in [0.15, 0.2) is 0 Å². The SMILES string of the molecule is CCC(CC)NC(=O)CNC1(CO)CCCCC1. The van der Waals surface area contributed by atoms with E-state index in [1.165, 1.54) is 6.42 Å². The standard InChI is InChI=1S/C14H28N2O2/c1-3-12(4-2)16-13(18)10-15-14(11-17)8-6-5-7-9-14/h12,15,17H,3-11H2,1-2H3,(H,16,18). The lowest BCUT2D eigenvalue weighted by atomic mass is 9.82. The number of hydrogen-bond donors (Lipinski definition) is 3. The highest BCUT2D eigenvalue weighted by Crippen LogP contribution is 2.27. The molecule has 18 heavy (non-hydrogen) atoms. The van der Waals surface area contributed by atoms with E-state index in [2.05, 4.69) is 24.5 Å². The van der Waals surface area contributed by atoms with Gasteiger partial charge in [0.2, 0.25) is 5.91 Å². The number of aliphatic hydroxyl groups excluding tert-OH is 1. The molecule has 4 heteroatoms. The van der Waals surface area contributed by atoms with Crippen molar-refractivity contribution >= 4 is 5.91 Å². The summed E-state index contributed by atoms with van der Waals surface area (Å²) in [5.41, 5.74) is -0.219. The van der Waals surface area contributed by atoms with Crippen molar-refractivity contribution in [2.45, 2.75) is 70.4 Å². The molecule has 106 valence electrons. The Kier molecular flexibility index (Phi) is 6.65. The third kappa shape index (κ3) is 4.58. The normalized spacial score (nSPS) is 18.9. The van der Waals surface area contributed by atoms with Gasteiger partial charge in [-0.15, -0.1) is 0 Å². The molecule has 0 aromatic rings. The molecule has 0 spiro atoms. The van der Waals surface area contributed by atoms with Crippen molar-refractivity contribution in [1.29, 1.82) is 0 Å². The molecule has 4 nitrogen and oxygen atoms in total. The van der Waals surface area contributed by atoms with Crippen molar-refractivity contribution in [2.24, 2.45) is 0 Å². The van der Waals surface area contributed by atoms with E-state index in [0.29, 0.717) is 6.54 Å². The minimum absolute atomic E-state index is 0.0436. The second-order valence-electron chi connectivity index (χ2n) is 5.43. The predicted molar refractivity (Wildman–Crippen MR) is 73.4 cm³/mol. The fourth-order valence-electron chi connectivity index (χ4n) is 2.66. The first-order valence-electron chi connectivity index (χ1n) is 7.31. The second kappa shape index (κ2) is 7.74.